The van der Waals surface area contributed by atoms with E-state index in [1.807, 2.05) is 24.9 Å². The van der Waals surface area contributed by atoms with Crippen LogP contribution in [0.3, 0.4) is 0 Å². The van der Waals surface area contributed by atoms with Crippen molar-refractivity contribution in [3.63, 3.8) is 0 Å². The highest BCUT2D eigenvalue weighted by Crippen LogP contribution is 2.11. The lowest BCUT2D eigenvalue weighted by atomic mass is 10.1. The third kappa shape index (κ3) is 3.05. The Morgan fingerprint density at radius 1 is 1.11 bits per heavy atom. The van der Waals surface area contributed by atoms with Gasteiger partial charge in [-0.1, -0.05) is 24.3 Å². The number of rotatable bonds is 4. The molecule has 0 unspecified atom stereocenters. The highest BCUT2D eigenvalue weighted by Gasteiger charge is 2.05. The van der Waals surface area contributed by atoms with Crippen LogP contribution in [0.25, 0.3) is 0 Å². The van der Waals surface area contributed by atoms with Crippen LogP contribution in [0.1, 0.15) is 16.8 Å². The number of hydrogen-bond donors (Lipinski definition) is 1. The van der Waals surface area contributed by atoms with Crippen molar-refractivity contribution < 1.29 is 0 Å². The molecule has 0 saturated heterocycles. The van der Waals surface area contributed by atoms with Gasteiger partial charge < -0.3 is 10.6 Å². The summed E-state index contributed by atoms with van der Waals surface area (Å²) < 4.78 is 0. The van der Waals surface area contributed by atoms with Crippen molar-refractivity contribution >= 4 is 5.95 Å². The highest BCUT2D eigenvalue weighted by molar-refractivity contribution is 5.32. The SMILES string of the molecule is Cc1ccnc(N(C)Cc2ccc(CN)cc2)n1. The van der Waals surface area contributed by atoms with E-state index in [-0.39, 0.29) is 0 Å². The van der Waals surface area contributed by atoms with Crippen LogP contribution in [0.2, 0.25) is 0 Å². The fourth-order valence-corrected chi connectivity index (χ4v) is 1.74. The Morgan fingerprint density at radius 3 is 2.39 bits per heavy atom. The quantitative estimate of drug-likeness (QED) is 0.889. The van der Waals surface area contributed by atoms with Crippen molar-refractivity contribution in [3.8, 4) is 0 Å². The van der Waals surface area contributed by atoms with E-state index in [0.29, 0.717) is 6.54 Å². The number of aryl methyl sites for hydroxylation is 1. The highest BCUT2D eigenvalue weighted by atomic mass is 15.2. The topological polar surface area (TPSA) is 55.0 Å². The minimum atomic E-state index is 0.580. The standard InChI is InChI=1S/C14H18N4/c1-11-7-8-16-14(17-11)18(2)10-13-5-3-12(9-15)4-6-13/h3-8H,9-10,15H2,1-2H3. The molecule has 0 aliphatic heterocycles. The number of nitrogens with zero attached hydrogens (tertiary/aromatic N) is 3. The molecule has 94 valence electrons. The van der Waals surface area contributed by atoms with Gasteiger partial charge >= 0.3 is 0 Å². The predicted octanol–water partition coefficient (Wildman–Crippen LogP) is 1.88. The van der Waals surface area contributed by atoms with Crippen molar-refractivity contribution in [2.24, 2.45) is 5.73 Å². The molecule has 0 bridgehead atoms. The Balaban J connectivity index is 2.08. The number of benzene rings is 1. The van der Waals surface area contributed by atoms with Crippen molar-refractivity contribution in [3.05, 3.63) is 53.3 Å². The summed E-state index contributed by atoms with van der Waals surface area (Å²) in [5.41, 5.74) is 8.92. The van der Waals surface area contributed by atoms with Gasteiger partial charge in [0, 0.05) is 32.0 Å². The maximum absolute atomic E-state index is 5.58. The van der Waals surface area contributed by atoms with Gasteiger partial charge in [-0.3, -0.25) is 0 Å². The lowest BCUT2D eigenvalue weighted by Gasteiger charge is -2.17. The van der Waals surface area contributed by atoms with Crippen LogP contribution in [0.4, 0.5) is 5.95 Å². The second-order valence-corrected chi connectivity index (χ2v) is 4.37. The van der Waals surface area contributed by atoms with Crippen LogP contribution in [-0.2, 0) is 13.1 Å². The molecule has 1 aromatic heterocycles. The van der Waals surface area contributed by atoms with Crippen LogP contribution in [0.5, 0.6) is 0 Å². The monoisotopic (exact) mass is 242 g/mol. The van der Waals surface area contributed by atoms with Crippen LogP contribution in [0.15, 0.2) is 36.5 Å². The number of hydrogen-bond acceptors (Lipinski definition) is 4. The summed E-state index contributed by atoms with van der Waals surface area (Å²) in [6, 6.07) is 10.2. The third-order valence-electron chi connectivity index (χ3n) is 2.80. The summed E-state index contributed by atoms with van der Waals surface area (Å²) in [6.07, 6.45) is 1.78. The number of aromatic nitrogens is 2. The smallest absolute Gasteiger partial charge is 0.225 e. The molecule has 0 spiro atoms. The largest absolute Gasteiger partial charge is 0.340 e. The second kappa shape index (κ2) is 5.60. The van der Waals surface area contributed by atoms with E-state index in [4.69, 9.17) is 5.73 Å². The summed E-state index contributed by atoms with van der Waals surface area (Å²) in [5.74, 6) is 0.748. The van der Waals surface area contributed by atoms with Crippen LogP contribution in [0, 0.1) is 6.92 Å². The molecule has 0 aliphatic carbocycles. The summed E-state index contributed by atoms with van der Waals surface area (Å²) in [5, 5.41) is 0. The molecule has 2 aromatic rings. The molecule has 1 heterocycles. The first-order valence-corrected chi connectivity index (χ1v) is 5.97. The van der Waals surface area contributed by atoms with Gasteiger partial charge in [0.15, 0.2) is 0 Å². The van der Waals surface area contributed by atoms with E-state index in [1.165, 1.54) is 5.56 Å². The normalized spacial score (nSPS) is 10.4. The second-order valence-electron chi connectivity index (χ2n) is 4.37. The van der Waals surface area contributed by atoms with Crippen molar-refractivity contribution in [2.75, 3.05) is 11.9 Å². The maximum atomic E-state index is 5.58. The molecule has 0 saturated carbocycles. The fourth-order valence-electron chi connectivity index (χ4n) is 1.74. The first kappa shape index (κ1) is 12.5. The van der Waals surface area contributed by atoms with Crippen molar-refractivity contribution in [1.82, 2.24) is 9.97 Å². The summed E-state index contributed by atoms with van der Waals surface area (Å²) in [6.45, 7) is 3.33. The predicted molar refractivity (Wildman–Crippen MR) is 73.2 cm³/mol. The zero-order valence-electron chi connectivity index (χ0n) is 10.8. The molecule has 4 heteroatoms. The van der Waals surface area contributed by atoms with Crippen LogP contribution >= 0.6 is 0 Å². The molecule has 1 aromatic carbocycles. The zero-order valence-corrected chi connectivity index (χ0v) is 10.8. The van der Waals surface area contributed by atoms with Crippen molar-refractivity contribution in [2.45, 2.75) is 20.0 Å². The van der Waals surface area contributed by atoms with Gasteiger partial charge in [-0.25, -0.2) is 9.97 Å². The van der Waals surface area contributed by atoms with Crippen LogP contribution < -0.4 is 10.6 Å². The Kier molecular flexibility index (Phi) is 3.89. The van der Waals surface area contributed by atoms with Gasteiger partial charge in [0.25, 0.3) is 0 Å². The Labute approximate surface area is 107 Å². The first-order valence-electron chi connectivity index (χ1n) is 5.97. The molecule has 4 nitrogen and oxygen atoms in total. The maximum Gasteiger partial charge on any atom is 0.225 e. The minimum absolute atomic E-state index is 0.580. The number of anilines is 1. The average Bonchev–Trinajstić information content (AvgIpc) is 2.39. The Bertz CT molecular complexity index is 507. The van der Waals surface area contributed by atoms with E-state index in [0.717, 1.165) is 23.8 Å². The molecule has 2 rings (SSSR count). The Hall–Kier alpha value is -1.94. The summed E-state index contributed by atoms with van der Waals surface area (Å²) in [7, 11) is 1.99. The zero-order chi connectivity index (χ0) is 13.0. The third-order valence-corrected chi connectivity index (χ3v) is 2.80. The molecule has 2 N–H and O–H groups in total. The molecule has 0 radical (unpaired) electrons. The van der Waals surface area contributed by atoms with E-state index in [2.05, 4.69) is 34.2 Å². The average molecular weight is 242 g/mol. The molecule has 0 atom stereocenters. The van der Waals surface area contributed by atoms with E-state index >= 15 is 0 Å². The minimum Gasteiger partial charge on any atom is -0.340 e. The lowest BCUT2D eigenvalue weighted by Crippen LogP contribution is -2.19. The Morgan fingerprint density at radius 2 is 1.78 bits per heavy atom. The number of nitrogens with two attached hydrogens (primary N) is 1. The van der Waals surface area contributed by atoms with Gasteiger partial charge in [0.05, 0.1) is 0 Å². The van der Waals surface area contributed by atoms with Gasteiger partial charge in [-0.15, -0.1) is 0 Å². The lowest BCUT2D eigenvalue weighted by molar-refractivity contribution is 0.858. The van der Waals surface area contributed by atoms with E-state index in [9.17, 15) is 0 Å². The van der Waals surface area contributed by atoms with E-state index < -0.39 is 0 Å². The van der Waals surface area contributed by atoms with Gasteiger partial charge in [-0.2, -0.15) is 0 Å². The van der Waals surface area contributed by atoms with Gasteiger partial charge in [0.2, 0.25) is 5.95 Å². The van der Waals surface area contributed by atoms with Gasteiger partial charge in [0.1, 0.15) is 0 Å². The molecule has 0 aliphatic rings. The molecule has 0 amide bonds. The van der Waals surface area contributed by atoms with Crippen LogP contribution in [-0.4, -0.2) is 17.0 Å². The van der Waals surface area contributed by atoms with Gasteiger partial charge in [-0.05, 0) is 24.1 Å². The molecular weight excluding hydrogens is 224 g/mol. The molecular formula is C14H18N4. The summed E-state index contributed by atoms with van der Waals surface area (Å²) >= 11 is 0. The molecule has 0 fully saturated rings. The first-order chi connectivity index (χ1) is 8.69. The summed E-state index contributed by atoms with van der Waals surface area (Å²) in [4.78, 5) is 10.7. The fraction of sp³-hybridized carbons (Fsp3) is 0.286. The van der Waals surface area contributed by atoms with E-state index in [1.54, 1.807) is 6.20 Å². The van der Waals surface area contributed by atoms with Crippen molar-refractivity contribution in [1.29, 1.82) is 0 Å². The molecule has 18 heavy (non-hydrogen) atoms.